The first-order chi connectivity index (χ1) is 13.9. The highest BCUT2D eigenvalue weighted by molar-refractivity contribution is 6.30. The number of rotatable bonds is 3. The molecule has 5 N–H and O–H groups in total. The van der Waals surface area contributed by atoms with Gasteiger partial charge in [0.1, 0.15) is 28.7 Å². The second-order valence-corrected chi connectivity index (χ2v) is 6.78. The van der Waals surface area contributed by atoms with Crippen molar-refractivity contribution in [3.05, 3.63) is 82.9 Å². The third kappa shape index (κ3) is 3.76. The maximum absolute atomic E-state index is 10.3. The van der Waals surface area contributed by atoms with E-state index in [1.807, 2.05) is 0 Å². The van der Waals surface area contributed by atoms with Crippen LogP contribution in [0, 0.1) is 0 Å². The average Bonchev–Trinajstić information content (AvgIpc) is 2.68. The average molecular weight is 410 g/mol. The summed E-state index contributed by atoms with van der Waals surface area (Å²) >= 11 is 5.98. The topological polar surface area (TPSA) is 109 Å². The molecule has 0 bridgehead atoms. The van der Waals surface area contributed by atoms with Gasteiger partial charge in [-0.15, -0.1) is 0 Å². The summed E-state index contributed by atoms with van der Waals surface area (Å²) in [5.74, 6) is -0.469. The van der Waals surface area contributed by atoms with E-state index in [2.05, 4.69) is 10.5 Å². The van der Waals surface area contributed by atoms with Gasteiger partial charge in [-0.1, -0.05) is 23.7 Å². The predicted molar refractivity (Wildman–Crippen MR) is 111 cm³/mol. The molecule has 1 aliphatic rings. The SMILES string of the molecule is Oc1ccc(C2=CC(c3ccc(Cl)cc3)=NN(c3ccc(O)cc3O)N2)c(O)c1. The number of nitrogens with zero attached hydrogens (tertiary/aromatic N) is 2. The number of aromatic hydroxyl groups is 4. The van der Waals surface area contributed by atoms with Gasteiger partial charge in [-0.05, 0) is 42.5 Å². The van der Waals surface area contributed by atoms with Gasteiger partial charge in [0, 0.05) is 28.3 Å². The molecule has 1 aliphatic heterocycles. The molecule has 4 rings (SSSR count). The number of hydrogen-bond acceptors (Lipinski definition) is 7. The normalized spacial score (nSPS) is 13.5. The number of anilines is 1. The molecule has 0 atom stereocenters. The lowest BCUT2D eigenvalue weighted by Crippen LogP contribution is -2.36. The molecule has 0 aliphatic carbocycles. The van der Waals surface area contributed by atoms with Crippen molar-refractivity contribution in [1.82, 2.24) is 5.43 Å². The number of phenolic OH excluding ortho intramolecular Hbond substituents is 4. The molecule has 0 saturated heterocycles. The standard InChI is InChI=1S/C21H16ClN3O4/c22-13-3-1-12(2-4-13)17-11-18(16-7-5-14(26)9-20(16)28)24-25(23-17)19-8-6-15(27)10-21(19)29/h1-11,24,26-29H. The van der Waals surface area contributed by atoms with E-state index in [1.165, 1.54) is 35.4 Å². The first kappa shape index (κ1) is 18.5. The van der Waals surface area contributed by atoms with Crippen molar-refractivity contribution in [3.8, 4) is 23.0 Å². The van der Waals surface area contributed by atoms with Gasteiger partial charge in [0.2, 0.25) is 0 Å². The monoisotopic (exact) mass is 409 g/mol. The van der Waals surface area contributed by atoms with E-state index >= 15 is 0 Å². The van der Waals surface area contributed by atoms with Gasteiger partial charge in [0.15, 0.2) is 0 Å². The Hall–Kier alpha value is -3.84. The number of allylic oxidation sites excluding steroid dienone is 1. The molecular formula is C21H16ClN3O4. The minimum absolute atomic E-state index is 0.0673. The molecule has 3 aromatic carbocycles. The minimum atomic E-state index is -0.187. The Labute approximate surface area is 171 Å². The van der Waals surface area contributed by atoms with Crippen molar-refractivity contribution in [1.29, 1.82) is 0 Å². The lowest BCUT2D eigenvalue weighted by atomic mass is 10.0. The zero-order valence-electron chi connectivity index (χ0n) is 14.9. The summed E-state index contributed by atoms with van der Waals surface area (Å²) in [7, 11) is 0. The van der Waals surface area contributed by atoms with Crippen molar-refractivity contribution in [2.24, 2.45) is 5.10 Å². The molecule has 7 nitrogen and oxygen atoms in total. The van der Waals surface area contributed by atoms with Crippen LogP contribution in [0.3, 0.4) is 0 Å². The highest BCUT2D eigenvalue weighted by atomic mass is 35.5. The number of phenols is 4. The van der Waals surface area contributed by atoms with Crippen molar-refractivity contribution < 1.29 is 20.4 Å². The van der Waals surface area contributed by atoms with Crippen molar-refractivity contribution in [2.45, 2.75) is 0 Å². The number of hydrazone groups is 1. The number of nitrogens with one attached hydrogen (secondary N) is 1. The van der Waals surface area contributed by atoms with Crippen LogP contribution < -0.4 is 10.5 Å². The van der Waals surface area contributed by atoms with Crippen molar-refractivity contribution in [3.63, 3.8) is 0 Å². The Morgan fingerprint density at radius 2 is 1.45 bits per heavy atom. The van der Waals surface area contributed by atoms with Gasteiger partial charge < -0.3 is 20.4 Å². The third-order valence-corrected chi connectivity index (χ3v) is 4.57. The molecule has 0 saturated carbocycles. The lowest BCUT2D eigenvalue weighted by molar-refractivity contribution is 0.449. The Morgan fingerprint density at radius 3 is 2.10 bits per heavy atom. The zero-order valence-corrected chi connectivity index (χ0v) is 15.7. The maximum Gasteiger partial charge on any atom is 0.146 e. The van der Waals surface area contributed by atoms with Gasteiger partial charge >= 0.3 is 0 Å². The summed E-state index contributed by atoms with van der Waals surface area (Å²) in [4.78, 5) is 0. The quantitative estimate of drug-likeness (QED) is 0.448. The van der Waals surface area contributed by atoms with Crippen LogP contribution in [0.2, 0.25) is 5.02 Å². The summed E-state index contributed by atoms with van der Waals surface area (Å²) in [5.41, 5.74) is 5.51. The molecule has 8 heteroatoms. The summed E-state index contributed by atoms with van der Waals surface area (Å²) in [6.07, 6.45) is 1.73. The van der Waals surface area contributed by atoms with E-state index in [4.69, 9.17) is 11.6 Å². The molecule has 0 unspecified atom stereocenters. The van der Waals surface area contributed by atoms with E-state index < -0.39 is 0 Å². The Kier molecular flexibility index (Phi) is 4.66. The van der Waals surface area contributed by atoms with Crippen LogP contribution in [0.1, 0.15) is 11.1 Å². The van der Waals surface area contributed by atoms with Crippen LogP contribution in [-0.2, 0) is 0 Å². The van der Waals surface area contributed by atoms with Gasteiger partial charge in [-0.2, -0.15) is 10.2 Å². The minimum Gasteiger partial charge on any atom is -0.508 e. The van der Waals surface area contributed by atoms with Crippen molar-refractivity contribution in [2.75, 3.05) is 5.12 Å². The van der Waals surface area contributed by atoms with E-state index in [9.17, 15) is 20.4 Å². The largest absolute Gasteiger partial charge is 0.508 e. The molecule has 0 spiro atoms. The van der Waals surface area contributed by atoms with E-state index in [1.54, 1.807) is 36.4 Å². The maximum atomic E-state index is 10.3. The summed E-state index contributed by atoms with van der Waals surface area (Å²) < 4.78 is 0. The molecule has 0 aromatic heterocycles. The summed E-state index contributed by atoms with van der Waals surface area (Å²) in [6, 6.07) is 15.4. The fourth-order valence-corrected chi connectivity index (χ4v) is 3.02. The highest BCUT2D eigenvalue weighted by Crippen LogP contribution is 2.34. The fourth-order valence-electron chi connectivity index (χ4n) is 2.90. The second-order valence-electron chi connectivity index (χ2n) is 6.35. The highest BCUT2D eigenvalue weighted by Gasteiger charge is 2.21. The van der Waals surface area contributed by atoms with E-state index in [0.29, 0.717) is 22.0 Å². The first-order valence-electron chi connectivity index (χ1n) is 8.58. The number of hydrogen-bond donors (Lipinski definition) is 5. The predicted octanol–water partition coefficient (Wildman–Crippen LogP) is 3.93. The third-order valence-electron chi connectivity index (χ3n) is 4.31. The van der Waals surface area contributed by atoms with Gasteiger partial charge in [-0.25, -0.2) is 0 Å². The second kappa shape index (κ2) is 7.29. The molecule has 146 valence electrons. The fraction of sp³-hybridized carbons (Fsp3) is 0. The van der Waals surface area contributed by atoms with Crippen LogP contribution in [0.5, 0.6) is 23.0 Å². The Morgan fingerprint density at radius 1 is 0.793 bits per heavy atom. The van der Waals surface area contributed by atoms with Crippen molar-refractivity contribution >= 4 is 28.7 Å². The zero-order chi connectivity index (χ0) is 20.5. The molecule has 1 heterocycles. The first-order valence-corrected chi connectivity index (χ1v) is 8.96. The van der Waals surface area contributed by atoms with Crippen LogP contribution >= 0.6 is 11.6 Å². The number of benzene rings is 3. The number of halogens is 1. The molecule has 29 heavy (non-hydrogen) atoms. The van der Waals surface area contributed by atoms with E-state index in [0.717, 1.165) is 5.56 Å². The molecular weight excluding hydrogens is 394 g/mol. The lowest BCUT2D eigenvalue weighted by Gasteiger charge is -2.28. The molecule has 0 fully saturated rings. The molecule has 0 amide bonds. The van der Waals surface area contributed by atoms with Gasteiger partial charge in [-0.3, -0.25) is 5.43 Å². The molecule has 3 aromatic rings. The summed E-state index contributed by atoms with van der Waals surface area (Å²) in [5, 5.41) is 46.1. The Balaban J connectivity index is 1.83. The van der Waals surface area contributed by atoms with Crippen LogP contribution in [0.4, 0.5) is 5.69 Å². The molecule has 0 radical (unpaired) electrons. The number of hydrazine groups is 1. The van der Waals surface area contributed by atoms with Gasteiger partial charge in [0.25, 0.3) is 0 Å². The van der Waals surface area contributed by atoms with E-state index in [-0.39, 0.29) is 28.7 Å². The van der Waals surface area contributed by atoms with Crippen LogP contribution in [0.15, 0.2) is 71.8 Å². The Bertz CT molecular complexity index is 1140. The summed E-state index contributed by atoms with van der Waals surface area (Å²) in [6.45, 7) is 0. The van der Waals surface area contributed by atoms with Crippen LogP contribution in [0.25, 0.3) is 5.70 Å². The smallest absolute Gasteiger partial charge is 0.146 e. The van der Waals surface area contributed by atoms with Gasteiger partial charge in [0.05, 0.1) is 11.4 Å². The van der Waals surface area contributed by atoms with Crippen LogP contribution in [-0.4, -0.2) is 26.1 Å².